The lowest BCUT2D eigenvalue weighted by molar-refractivity contribution is -0.137. The minimum Gasteiger partial charge on any atom is -0.305 e. The number of nitrogens with one attached hydrogen (secondary N) is 1. The molecule has 1 N–H and O–H groups in total. The van der Waals surface area contributed by atoms with Crippen molar-refractivity contribution in [2.45, 2.75) is 25.7 Å². The molecule has 20 heavy (non-hydrogen) atoms. The zero-order valence-corrected chi connectivity index (χ0v) is 10.9. The van der Waals surface area contributed by atoms with Gasteiger partial charge in [0.15, 0.2) is 0 Å². The van der Waals surface area contributed by atoms with E-state index in [0.717, 1.165) is 17.8 Å². The van der Waals surface area contributed by atoms with Crippen LogP contribution in [-0.2, 0) is 12.7 Å². The van der Waals surface area contributed by atoms with Gasteiger partial charge >= 0.3 is 6.18 Å². The van der Waals surface area contributed by atoms with Crippen molar-refractivity contribution >= 4 is 0 Å². The maximum atomic E-state index is 12.6. The van der Waals surface area contributed by atoms with Gasteiger partial charge in [0.05, 0.1) is 11.3 Å². The molecule has 1 heterocycles. The number of alkyl halides is 3. The Morgan fingerprint density at radius 3 is 2.70 bits per heavy atom. The summed E-state index contributed by atoms with van der Waals surface area (Å²) in [7, 11) is 0. The van der Waals surface area contributed by atoms with E-state index in [9.17, 15) is 13.2 Å². The number of halogens is 3. The van der Waals surface area contributed by atoms with Gasteiger partial charge in [-0.25, -0.2) is 9.97 Å². The Kier molecular flexibility index (Phi) is 4.34. The van der Waals surface area contributed by atoms with E-state index in [4.69, 9.17) is 0 Å². The Bertz CT molecular complexity index is 555. The van der Waals surface area contributed by atoms with Crippen LogP contribution in [0.2, 0.25) is 0 Å². The molecule has 0 spiro atoms. The van der Waals surface area contributed by atoms with Crippen LogP contribution in [0.15, 0.2) is 42.9 Å². The molecule has 0 bridgehead atoms. The zero-order chi connectivity index (χ0) is 14.6. The number of hydrogen-bond acceptors (Lipinski definition) is 3. The van der Waals surface area contributed by atoms with Gasteiger partial charge in [0.2, 0.25) is 0 Å². The molecule has 0 saturated heterocycles. The van der Waals surface area contributed by atoms with Gasteiger partial charge in [-0.2, -0.15) is 13.2 Å². The third-order valence-corrected chi connectivity index (χ3v) is 2.95. The first-order valence-corrected chi connectivity index (χ1v) is 6.12. The molecule has 0 fully saturated rings. The van der Waals surface area contributed by atoms with Crippen LogP contribution in [-0.4, -0.2) is 9.97 Å². The predicted octanol–water partition coefficient (Wildman–Crippen LogP) is 3.35. The van der Waals surface area contributed by atoms with Gasteiger partial charge < -0.3 is 5.32 Å². The lowest BCUT2D eigenvalue weighted by Gasteiger charge is -2.16. The molecule has 6 heteroatoms. The molecule has 0 saturated carbocycles. The number of rotatable bonds is 4. The van der Waals surface area contributed by atoms with E-state index in [1.54, 1.807) is 18.3 Å². The third-order valence-electron chi connectivity index (χ3n) is 2.95. The highest BCUT2D eigenvalue weighted by atomic mass is 19.4. The standard InChI is InChI=1S/C14H14F3N3/c1-10(19-8-13-5-6-18-9-20-13)11-3-2-4-12(7-11)14(15,16)17/h2-7,9-10,19H,8H2,1H3. The number of benzene rings is 1. The Morgan fingerprint density at radius 1 is 1.25 bits per heavy atom. The van der Waals surface area contributed by atoms with Crippen LogP contribution < -0.4 is 5.32 Å². The molecule has 3 nitrogen and oxygen atoms in total. The summed E-state index contributed by atoms with van der Waals surface area (Å²) in [5.74, 6) is 0. The van der Waals surface area contributed by atoms with Crippen LogP contribution in [0.3, 0.4) is 0 Å². The van der Waals surface area contributed by atoms with Crippen molar-refractivity contribution in [3.05, 3.63) is 59.7 Å². The van der Waals surface area contributed by atoms with Gasteiger partial charge in [0, 0.05) is 18.8 Å². The minimum absolute atomic E-state index is 0.202. The Morgan fingerprint density at radius 2 is 2.05 bits per heavy atom. The van der Waals surface area contributed by atoms with Crippen LogP contribution in [0.4, 0.5) is 13.2 Å². The second kappa shape index (κ2) is 6.00. The molecule has 2 rings (SSSR count). The van der Waals surface area contributed by atoms with Crippen molar-refractivity contribution in [1.82, 2.24) is 15.3 Å². The van der Waals surface area contributed by atoms with Crippen molar-refractivity contribution in [2.75, 3.05) is 0 Å². The van der Waals surface area contributed by atoms with Crippen LogP contribution in [0.5, 0.6) is 0 Å². The summed E-state index contributed by atoms with van der Waals surface area (Å²) in [5.41, 5.74) is 0.749. The van der Waals surface area contributed by atoms with Crippen LogP contribution >= 0.6 is 0 Å². The quantitative estimate of drug-likeness (QED) is 0.934. The van der Waals surface area contributed by atoms with Gasteiger partial charge in [-0.1, -0.05) is 12.1 Å². The zero-order valence-electron chi connectivity index (χ0n) is 10.9. The number of aromatic nitrogens is 2. The summed E-state index contributed by atoms with van der Waals surface area (Å²) in [4.78, 5) is 7.85. The van der Waals surface area contributed by atoms with Crippen molar-refractivity contribution in [3.8, 4) is 0 Å². The number of hydrogen-bond donors (Lipinski definition) is 1. The lowest BCUT2D eigenvalue weighted by Crippen LogP contribution is -2.19. The molecule has 1 atom stereocenters. The molecule has 106 valence electrons. The SMILES string of the molecule is CC(NCc1ccncn1)c1cccc(C(F)(F)F)c1. The maximum Gasteiger partial charge on any atom is 0.416 e. The summed E-state index contributed by atoms with van der Waals surface area (Å²) in [6.45, 7) is 2.29. The van der Waals surface area contributed by atoms with Gasteiger partial charge in [-0.15, -0.1) is 0 Å². The Labute approximate surface area is 114 Å². The van der Waals surface area contributed by atoms with E-state index in [1.807, 2.05) is 6.92 Å². The number of nitrogens with zero attached hydrogens (tertiary/aromatic N) is 2. The fourth-order valence-electron chi connectivity index (χ4n) is 1.78. The van der Waals surface area contributed by atoms with Crippen LogP contribution in [0, 0.1) is 0 Å². The third kappa shape index (κ3) is 3.77. The molecule has 0 aliphatic rings. The van der Waals surface area contributed by atoms with Crippen LogP contribution in [0.25, 0.3) is 0 Å². The summed E-state index contributed by atoms with van der Waals surface area (Å²) >= 11 is 0. The van der Waals surface area contributed by atoms with Gasteiger partial charge in [0.25, 0.3) is 0 Å². The van der Waals surface area contributed by atoms with Gasteiger partial charge in [-0.3, -0.25) is 0 Å². The van der Waals surface area contributed by atoms with E-state index in [-0.39, 0.29) is 6.04 Å². The molecule has 0 aliphatic carbocycles. The van der Waals surface area contributed by atoms with E-state index >= 15 is 0 Å². The fourth-order valence-corrected chi connectivity index (χ4v) is 1.78. The first-order chi connectivity index (χ1) is 9.47. The normalized spacial score (nSPS) is 13.2. The van der Waals surface area contributed by atoms with Gasteiger partial charge in [0.1, 0.15) is 6.33 Å². The first-order valence-electron chi connectivity index (χ1n) is 6.12. The minimum atomic E-state index is -4.32. The van der Waals surface area contributed by atoms with Crippen molar-refractivity contribution in [2.24, 2.45) is 0 Å². The topological polar surface area (TPSA) is 37.8 Å². The highest BCUT2D eigenvalue weighted by Gasteiger charge is 2.30. The van der Waals surface area contributed by atoms with Crippen LogP contribution in [0.1, 0.15) is 29.8 Å². The summed E-state index contributed by atoms with van der Waals surface area (Å²) in [6, 6.07) is 6.88. The molecule has 0 aliphatic heterocycles. The smallest absolute Gasteiger partial charge is 0.305 e. The Hall–Kier alpha value is -1.95. The monoisotopic (exact) mass is 281 g/mol. The molecule has 1 aromatic carbocycles. The molecule has 1 aromatic heterocycles. The van der Waals surface area contributed by atoms with E-state index in [0.29, 0.717) is 12.1 Å². The Balaban J connectivity index is 2.04. The second-order valence-electron chi connectivity index (χ2n) is 4.43. The lowest BCUT2D eigenvalue weighted by atomic mass is 10.0. The largest absolute Gasteiger partial charge is 0.416 e. The molecular weight excluding hydrogens is 267 g/mol. The van der Waals surface area contributed by atoms with Crippen molar-refractivity contribution in [1.29, 1.82) is 0 Å². The summed E-state index contributed by atoms with van der Waals surface area (Å²) < 4.78 is 37.9. The summed E-state index contributed by atoms with van der Waals surface area (Å²) in [5, 5.41) is 3.14. The summed E-state index contributed by atoms with van der Waals surface area (Å²) in [6.07, 6.45) is -1.26. The molecule has 1 unspecified atom stereocenters. The highest BCUT2D eigenvalue weighted by molar-refractivity contribution is 5.27. The molecule has 0 amide bonds. The van der Waals surface area contributed by atoms with E-state index < -0.39 is 11.7 Å². The fraction of sp³-hybridized carbons (Fsp3) is 0.286. The molecule has 0 radical (unpaired) electrons. The van der Waals surface area contributed by atoms with E-state index in [1.165, 1.54) is 12.4 Å². The van der Waals surface area contributed by atoms with Crippen molar-refractivity contribution < 1.29 is 13.2 Å². The predicted molar refractivity (Wildman–Crippen MR) is 68.7 cm³/mol. The highest BCUT2D eigenvalue weighted by Crippen LogP contribution is 2.30. The average molecular weight is 281 g/mol. The average Bonchev–Trinajstić information content (AvgIpc) is 2.45. The van der Waals surface area contributed by atoms with E-state index in [2.05, 4.69) is 15.3 Å². The molecular formula is C14H14F3N3. The first kappa shape index (κ1) is 14.5. The maximum absolute atomic E-state index is 12.6. The molecule has 2 aromatic rings. The second-order valence-corrected chi connectivity index (χ2v) is 4.43. The van der Waals surface area contributed by atoms with Gasteiger partial charge in [-0.05, 0) is 30.7 Å². The van der Waals surface area contributed by atoms with Crippen molar-refractivity contribution in [3.63, 3.8) is 0 Å².